The van der Waals surface area contributed by atoms with E-state index >= 15 is 0 Å². The van der Waals surface area contributed by atoms with Gasteiger partial charge in [0.15, 0.2) is 0 Å². The number of halogens is 2. The number of benzene rings is 2. The van der Waals surface area contributed by atoms with Gasteiger partial charge in [0.05, 0.1) is 23.2 Å². The van der Waals surface area contributed by atoms with E-state index in [4.69, 9.17) is 11.6 Å². The molecule has 1 saturated heterocycles. The highest BCUT2D eigenvalue weighted by atomic mass is 35.5. The highest BCUT2D eigenvalue weighted by Crippen LogP contribution is 2.41. The second-order valence-electron chi connectivity index (χ2n) is 6.47. The first-order chi connectivity index (χ1) is 13.9. The molecule has 1 fully saturated rings. The fourth-order valence-electron chi connectivity index (χ4n) is 3.13. The van der Waals surface area contributed by atoms with Crippen LogP contribution in [0.4, 0.5) is 4.39 Å². The second-order valence-corrected chi connectivity index (χ2v) is 7.95. The Morgan fingerprint density at radius 1 is 1.21 bits per heavy atom. The van der Waals surface area contributed by atoms with Crippen molar-refractivity contribution < 1.29 is 14.0 Å². The smallest absolute Gasteiger partial charge is 0.265 e. The van der Waals surface area contributed by atoms with Gasteiger partial charge in [-0.05, 0) is 47.5 Å². The summed E-state index contributed by atoms with van der Waals surface area (Å²) in [6, 6.07) is 15.0. The third-order valence-corrected chi connectivity index (χ3v) is 5.85. The van der Waals surface area contributed by atoms with Gasteiger partial charge in [-0.15, -0.1) is 11.3 Å². The summed E-state index contributed by atoms with van der Waals surface area (Å²) in [5, 5.41) is 12.1. The van der Waals surface area contributed by atoms with E-state index in [0.717, 1.165) is 5.56 Å². The summed E-state index contributed by atoms with van der Waals surface area (Å²) < 4.78 is 14.0. The summed E-state index contributed by atoms with van der Waals surface area (Å²) in [6.07, 6.45) is 0. The molecule has 5 nitrogen and oxygen atoms in total. The number of carbonyl (C=O) groups is 2. The molecule has 2 amide bonds. The zero-order valence-corrected chi connectivity index (χ0v) is 16.5. The molecule has 0 atom stereocenters. The average molecular weight is 426 g/mol. The maximum Gasteiger partial charge on any atom is 0.265 e. The largest absolute Gasteiger partial charge is 0.337 e. The summed E-state index contributed by atoms with van der Waals surface area (Å²) in [7, 11) is 0. The topological polar surface area (TPSA) is 73.2 Å². The molecule has 0 spiro atoms. The standard InChI is InChI=1S/C21H13ClFN3O2S/c22-15-5-14(6-16(23)7-15)20-17(13-3-1-2-12(4-13)9-24)8-18(29-20)21(28)26-10-19(27)25-11-26/h1-8H,10-11H2,(H,25,27). The summed E-state index contributed by atoms with van der Waals surface area (Å²) >= 11 is 7.23. The lowest BCUT2D eigenvalue weighted by Crippen LogP contribution is -2.28. The van der Waals surface area contributed by atoms with Crippen LogP contribution in [-0.2, 0) is 4.79 Å². The Hall–Kier alpha value is -3.21. The molecule has 1 aliphatic rings. The number of nitriles is 1. The molecule has 1 N–H and O–H groups in total. The van der Waals surface area contributed by atoms with Crippen molar-refractivity contribution in [2.75, 3.05) is 13.2 Å². The minimum absolute atomic E-state index is 0.00287. The molecule has 8 heteroatoms. The molecular formula is C21H13ClFN3O2S. The van der Waals surface area contributed by atoms with Gasteiger partial charge in [-0.1, -0.05) is 23.7 Å². The van der Waals surface area contributed by atoms with Gasteiger partial charge in [0.2, 0.25) is 5.91 Å². The Labute approximate surface area is 174 Å². The molecule has 0 saturated carbocycles. The normalized spacial score (nSPS) is 13.3. The van der Waals surface area contributed by atoms with Gasteiger partial charge in [0, 0.05) is 15.5 Å². The van der Waals surface area contributed by atoms with E-state index in [2.05, 4.69) is 11.4 Å². The van der Waals surface area contributed by atoms with Crippen LogP contribution in [0.3, 0.4) is 0 Å². The number of nitrogens with zero attached hydrogens (tertiary/aromatic N) is 2. The molecule has 29 heavy (non-hydrogen) atoms. The Morgan fingerprint density at radius 2 is 2.03 bits per heavy atom. The first-order valence-electron chi connectivity index (χ1n) is 8.61. The number of thiophene rings is 1. The van der Waals surface area contributed by atoms with Crippen molar-refractivity contribution in [2.24, 2.45) is 0 Å². The molecule has 4 rings (SSSR count). The van der Waals surface area contributed by atoms with Crippen LogP contribution >= 0.6 is 22.9 Å². The Bertz CT molecular complexity index is 1160. The minimum Gasteiger partial charge on any atom is -0.337 e. The lowest BCUT2D eigenvalue weighted by Gasteiger charge is -2.11. The summed E-state index contributed by atoms with van der Waals surface area (Å²) in [5.74, 6) is -0.992. The second kappa shape index (κ2) is 7.66. The highest BCUT2D eigenvalue weighted by molar-refractivity contribution is 7.18. The van der Waals surface area contributed by atoms with E-state index in [0.29, 0.717) is 26.4 Å². The maximum absolute atomic E-state index is 14.0. The monoisotopic (exact) mass is 425 g/mol. The van der Waals surface area contributed by atoms with E-state index < -0.39 is 5.82 Å². The molecule has 3 aromatic rings. The quantitative estimate of drug-likeness (QED) is 0.680. The summed E-state index contributed by atoms with van der Waals surface area (Å²) in [4.78, 5) is 26.8. The fraction of sp³-hybridized carbons (Fsp3) is 0.0952. The molecule has 1 aliphatic heterocycles. The molecular weight excluding hydrogens is 413 g/mol. The van der Waals surface area contributed by atoms with Crippen molar-refractivity contribution in [2.45, 2.75) is 0 Å². The average Bonchev–Trinajstić information content (AvgIpc) is 3.33. The highest BCUT2D eigenvalue weighted by Gasteiger charge is 2.27. The zero-order chi connectivity index (χ0) is 20.5. The SMILES string of the molecule is N#Cc1cccc(-c2cc(C(=O)N3CNC(=O)C3)sc2-c2cc(F)cc(Cl)c2)c1. The van der Waals surface area contributed by atoms with Gasteiger partial charge in [-0.3, -0.25) is 9.59 Å². The minimum atomic E-state index is -0.486. The van der Waals surface area contributed by atoms with Gasteiger partial charge in [0.25, 0.3) is 5.91 Å². The van der Waals surface area contributed by atoms with Crippen LogP contribution in [-0.4, -0.2) is 29.9 Å². The Balaban J connectivity index is 1.85. The lowest BCUT2D eigenvalue weighted by atomic mass is 10.0. The number of hydrogen-bond acceptors (Lipinski definition) is 4. The van der Waals surface area contributed by atoms with E-state index in [-0.39, 0.29) is 30.1 Å². The van der Waals surface area contributed by atoms with Crippen LogP contribution in [0, 0.1) is 17.1 Å². The Kier molecular flexibility index (Phi) is 5.05. The molecule has 144 valence electrons. The summed E-state index contributed by atoms with van der Waals surface area (Å²) in [6.45, 7) is 0.146. The fourth-order valence-corrected chi connectivity index (χ4v) is 4.49. The van der Waals surface area contributed by atoms with Gasteiger partial charge >= 0.3 is 0 Å². The molecule has 0 aliphatic carbocycles. The van der Waals surface area contributed by atoms with E-state index in [1.807, 2.05) is 6.07 Å². The van der Waals surface area contributed by atoms with E-state index in [1.165, 1.54) is 28.4 Å². The van der Waals surface area contributed by atoms with Crippen LogP contribution in [0.5, 0.6) is 0 Å². The van der Waals surface area contributed by atoms with Crippen LogP contribution in [0.1, 0.15) is 15.2 Å². The molecule has 2 aromatic carbocycles. The van der Waals surface area contributed by atoms with Crippen molar-refractivity contribution in [3.05, 3.63) is 69.8 Å². The van der Waals surface area contributed by atoms with Gasteiger partial charge in [0.1, 0.15) is 12.4 Å². The third-order valence-electron chi connectivity index (χ3n) is 4.46. The molecule has 0 unspecified atom stereocenters. The lowest BCUT2D eigenvalue weighted by molar-refractivity contribution is -0.118. The van der Waals surface area contributed by atoms with Gasteiger partial charge in [-0.25, -0.2) is 4.39 Å². The number of rotatable bonds is 3. The van der Waals surface area contributed by atoms with Crippen molar-refractivity contribution >= 4 is 34.8 Å². The van der Waals surface area contributed by atoms with Crippen LogP contribution in [0.2, 0.25) is 5.02 Å². The summed E-state index contributed by atoms with van der Waals surface area (Å²) in [5.41, 5.74) is 2.42. The van der Waals surface area contributed by atoms with E-state index in [9.17, 15) is 19.2 Å². The van der Waals surface area contributed by atoms with Crippen molar-refractivity contribution in [3.8, 4) is 27.6 Å². The van der Waals surface area contributed by atoms with Crippen LogP contribution in [0.25, 0.3) is 21.6 Å². The van der Waals surface area contributed by atoms with Crippen LogP contribution < -0.4 is 5.32 Å². The Morgan fingerprint density at radius 3 is 2.72 bits per heavy atom. The predicted molar refractivity (Wildman–Crippen MR) is 109 cm³/mol. The van der Waals surface area contributed by atoms with E-state index in [1.54, 1.807) is 30.3 Å². The first kappa shape index (κ1) is 19.1. The number of nitrogens with one attached hydrogen (secondary N) is 1. The molecule has 0 bridgehead atoms. The molecule has 0 radical (unpaired) electrons. The zero-order valence-electron chi connectivity index (χ0n) is 14.9. The molecule has 2 heterocycles. The number of carbonyl (C=O) groups excluding carboxylic acids is 2. The van der Waals surface area contributed by atoms with Crippen molar-refractivity contribution in [1.29, 1.82) is 5.26 Å². The van der Waals surface area contributed by atoms with Gasteiger partial charge in [-0.2, -0.15) is 5.26 Å². The van der Waals surface area contributed by atoms with Crippen molar-refractivity contribution in [1.82, 2.24) is 10.2 Å². The third kappa shape index (κ3) is 3.86. The predicted octanol–water partition coefficient (Wildman–Crippen LogP) is 4.28. The molecule has 1 aromatic heterocycles. The number of hydrogen-bond donors (Lipinski definition) is 1. The van der Waals surface area contributed by atoms with Gasteiger partial charge < -0.3 is 10.2 Å². The first-order valence-corrected chi connectivity index (χ1v) is 9.81. The number of amides is 2. The maximum atomic E-state index is 14.0. The van der Waals surface area contributed by atoms with Crippen molar-refractivity contribution in [3.63, 3.8) is 0 Å². The van der Waals surface area contributed by atoms with Crippen LogP contribution in [0.15, 0.2) is 48.5 Å².